The molecule has 0 unspecified atom stereocenters. The van der Waals surface area contributed by atoms with E-state index in [1.54, 1.807) is 14.0 Å². The Bertz CT molecular complexity index is 541. The van der Waals surface area contributed by atoms with Gasteiger partial charge in [-0.1, -0.05) is 12.1 Å². The number of nitrogens with zero attached hydrogens (tertiary/aromatic N) is 3. The van der Waals surface area contributed by atoms with Crippen LogP contribution in [0.15, 0.2) is 24.3 Å². The third kappa shape index (κ3) is 3.61. The Morgan fingerprint density at radius 2 is 1.87 bits per heavy atom. The molecule has 126 valence electrons. The van der Waals surface area contributed by atoms with E-state index in [0.29, 0.717) is 6.04 Å². The van der Waals surface area contributed by atoms with E-state index < -0.39 is 0 Å². The molecule has 5 heteroatoms. The maximum absolute atomic E-state index is 11.6. The van der Waals surface area contributed by atoms with Gasteiger partial charge in [0.2, 0.25) is 5.91 Å². The third-order valence-corrected chi connectivity index (χ3v) is 5.10. The van der Waals surface area contributed by atoms with Crippen LogP contribution < -0.4 is 9.64 Å². The number of likely N-dealkylation sites (tertiary alicyclic amines) is 1. The molecule has 2 heterocycles. The van der Waals surface area contributed by atoms with Crippen molar-refractivity contribution in [3.8, 4) is 5.75 Å². The number of hydrogen-bond donors (Lipinski definition) is 0. The molecule has 0 spiro atoms. The highest BCUT2D eigenvalue weighted by Gasteiger charge is 2.29. The summed E-state index contributed by atoms with van der Waals surface area (Å²) >= 11 is 0. The van der Waals surface area contributed by atoms with E-state index in [-0.39, 0.29) is 5.91 Å². The standard InChI is InChI=1S/C18H27N3O2/c1-15(22)21-9-5-6-16(14-21)19-10-12-20(13-11-19)17-7-3-4-8-18(17)23-2/h3-4,7-8,16H,5-6,9-14H2,1-2H3/t16-/m1/s1. The van der Waals surface area contributed by atoms with Crippen LogP contribution in [0.25, 0.3) is 0 Å². The van der Waals surface area contributed by atoms with Crippen LogP contribution in [0.4, 0.5) is 5.69 Å². The van der Waals surface area contributed by atoms with Gasteiger partial charge < -0.3 is 14.5 Å². The Balaban J connectivity index is 1.59. The quantitative estimate of drug-likeness (QED) is 0.852. The highest BCUT2D eigenvalue weighted by molar-refractivity contribution is 5.73. The van der Waals surface area contributed by atoms with Crippen molar-refractivity contribution < 1.29 is 9.53 Å². The molecular weight excluding hydrogens is 290 g/mol. The van der Waals surface area contributed by atoms with Crippen LogP contribution >= 0.6 is 0 Å². The summed E-state index contributed by atoms with van der Waals surface area (Å²) in [4.78, 5) is 18.6. The lowest BCUT2D eigenvalue weighted by Gasteiger charge is -2.44. The molecule has 2 aliphatic heterocycles. The van der Waals surface area contributed by atoms with Crippen LogP contribution in [0.2, 0.25) is 0 Å². The zero-order valence-corrected chi connectivity index (χ0v) is 14.2. The molecule has 1 aromatic rings. The fourth-order valence-corrected chi connectivity index (χ4v) is 3.76. The van der Waals surface area contributed by atoms with Gasteiger partial charge in [-0.05, 0) is 25.0 Å². The average molecular weight is 317 g/mol. The molecule has 5 nitrogen and oxygen atoms in total. The monoisotopic (exact) mass is 317 g/mol. The average Bonchev–Trinajstić information content (AvgIpc) is 2.62. The van der Waals surface area contributed by atoms with E-state index >= 15 is 0 Å². The Kier molecular flexibility index (Phi) is 5.06. The molecule has 1 amide bonds. The van der Waals surface area contributed by atoms with E-state index in [2.05, 4.69) is 21.9 Å². The summed E-state index contributed by atoms with van der Waals surface area (Å²) in [7, 11) is 1.73. The molecular formula is C18H27N3O2. The molecule has 23 heavy (non-hydrogen) atoms. The van der Waals surface area contributed by atoms with Crippen molar-refractivity contribution >= 4 is 11.6 Å². The maximum Gasteiger partial charge on any atom is 0.219 e. The second-order valence-corrected chi connectivity index (χ2v) is 6.46. The zero-order chi connectivity index (χ0) is 16.2. The minimum atomic E-state index is 0.211. The summed E-state index contributed by atoms with van der Waals surface area (Å²) in [5.74, 6) is 1.16. The summed E-state index contributed by atoms with van der Waals surface area (Å²) in [6.45, 7) is 7.62. The van der Waals surface area contributed by atoms with Gasteiger partial charge in [-0.3, -0.25) is 9.69 Å². The SMILES string of the molecule is COc1ccccc1N1CCN([C@@H]2CCCN(C(C)=O)C2)CC1. The number of amides is 1. The number of hydrogen-bond acceptors (Lipinski definition) is 4. The van der Waals surface area contributed by atoms with Crippen LogP contribution in [-0.2, 0) is 4.79 Å². The maximum atomic E-state index is 11.6. The van der Waals surface area contributed by atoms with Crippen LogP contribution in [-0.4, -0.2) is 68.1 Å². The van der Waals surface area contributed by atoms with Crippen LogP contribution in [0, 0.1) is 0 Å². The van der Waals surface area contributed by atoms with E-state index in [9.17, 15) is 4.79 Å². The number of methoxy groups -OCH3 is 1. The van der Waals surface area contributed by atoms with Gasteiger partial charge in [0.15, 0.2) is 0 Å². The Labute approximate surface area is 138 Å². The molecule has 0 saturated carbocycles. The number of carbonyl (C=O) groups is 1. The van der Waals surface area contributed by atoms with Crippen molar-refractivity contribution in [3.05, 3.63) is 24.3 Å². The zero-order valence-electron chi connectivity index (χ0n) is 14.2. The van der Waals surface area contributed by atoms with Gasteiger partial charge >= 0.3 is 0 Å². The fraction of sp³-hybridized carbons (Fsp3) is 0.611. The largest absolute Gasteiger partial charge is 0.495 e. The highest BCUT2D eigenvalue weighted by atomic mass is 16.5. The second kappa shape index (κ2) is 7.21. The van der Waals surface area contributed by atoms with Gasteiger partial charge in [-0.25, -0.2) is 0 Å². The first-order valence-corrected chi connectivity index (χ1v) is 8.56. The third-order valence-electron chi connectivity index (χ3n) is 5.10. The molecule has 0 N–H and O–H groups in total. The molecule has 1 aromatic carbocycles. The number of benzene rings is 1. The number of anilines is 1. The minimum Gasteiger partial charge on any atom is -0.495 e. The van der Waals surface area contributed by atoms with Crippen molar-refractivity contribution in [1.82, 2.24) is 9.80 Å². The number of piperidine rings is 1. The smallest absolute Gasteiger partial charge is 0.219 e. The van der Waals surface area contributed by atoms with Crippen molar-refractivity contribution in [2.45, 2.75) is 25.8 Å². The Morgan fingerprint density at radius 1 is 1.13 bits per heavy atom. The minimum absolute atomic E-state index is 0.211. The van der Waals surface area contributed by atoms with Crippen LogP contribution in [0.5, 0.6) is 5.75 Å². The lowest BCUT2D eigenvalue weighted by Crippen LogP contribution is -2.55. The Hall–Kier alpha value is -1.75. The lowest BCUT2D eigenvalue weighted by atomic mass is 10.0. The molecule has 2 fully saturated rings. The predicted octanol–water partition coefficient (Wildman–Crippen LogP) is 1.83. The van der Waals surface area contributed by atoms with Gasteiger partial charge in [0.25, 0.3) is 0 Å². The summed E-state index contributed by atoms with van der Waals surface area (Å²) in [5.41, 5.74) is 1.18. The predicted molar refractivity (Wildman–Crippen MR) is 92.1 cm³/mol. The molecule has 0 aromatic heterocycles. The van der Waals surface area contributed by atoms with Gasteiger partial charge in [0, 0.05) is 52.2 Å². The fourth-order valence-electron chi connectivity index (χ4n) is 3.76. The van der Waals surface area contributed by atoms with Gasteiger partial charge in [-0.2, -0.15) is 0 Å². The first kappa shape index (κ1) is 16.1. The van der Waals surface area contributed by atoms with Crippen molar-refractivity contribution in [1.29, 1.82) is 0 Å². The highest BCUT2D eigenvalue weighted by Crippen LogP contribution is 2.29. The molecule has 0 bridgehead atoms. The molecule has 0 radical (unpaired) electrons. The van der Waals surface area contributed by atoms with E-state index in [1.165, 1.54) is 12.1 Å². The number of carbonyl (C=O) groups excluding carboxylic acids is 1. The second-order valence-electron chi connectivity index (χ2n) is 6.46. The normalized spacial score (nSPS) is 23.0. The lowest BCUT2D eigenvalue weighted by molar-refractivity contribution is -0.131. The number of para-hydroxylation sites is 2. The number of ether oxygens (including phenoxy) is 1. The molecule has 0 aliphatic carbocycles. The summed E-state index contributed by atoms with van der Waals surface area (Å²) < 4.78 is 5.48. The molecule has 1 atom stereocenters. The van der Waals surface area contributed by atoms with Crippen molar-refractivity contribution in [2.24, 2.45) is 0 Å². The van der Waals surface area contributed by atoms with E-state index in [0.717, 1.165) is 51.4 Å². The van der Waals surface area contributed by atoms with E-state index in [1.807, 2.05) is 17.0 Å². The number of piperazine rings is 1. The van der Waals surface area contributed by atoms with Crippen LogP contribution in [0.1, 0.15) is 19.8 Å². The summed E-state index contributed by atoms with van der Waals surface area (Å²) in [6.07, 6.45) is 2.33. The molecule has 2 aliphatic rings. The number of rotatable bonds is 3. The van der Waals surface area contributed by atoms with E-state index in [4.69, 9.17) is 4.74 Å². The first-order valence-electron chi connectivity index (χ1n) is 8.56. The van der Waals surface area contributed by atoms with Crippen LogP contribution in [0.3, 0.4) is 0 Å². The van der Waals surface area contributed by atoms with Gasteiger partial charge in [0.1, 0.15) is 5.75 Å². The molecule has 2 saturated heterocycles. The summed E-state index contributed by atoms with van der Waals surface area (Å²) in [5, 5.41) is 0. The first-order chi connectivity index (χ1) is 11.2. The molecule has 3 rings (SSSR count). The van der Waals surface area contributed by atoms with Gasteiger partial charge in [-0.15, -0.1) is 0 Å². The summed E-state index contributed by atoms with van der Waals surface area (Å²) in [6, 6.07) is 8.75. The van der Waals surface area contributed by atoms with Gasteiger partial charge in [0.05, 0.1) is 12.8 Å². The van der Waals surface area contributed by atoms with Crippen molar-refractivity contribution in [2.75, 3.05) is 51.3 Å². The topological polar surface area (TPSA) is 36.0 Å². The van der Waals surface area contributed by atoms with Crippen molar-refractivity contribution in [3.63, 3.8) is 0 Å². The Morgan fingerprint density at radius 3 is 2.57 bits per heavy atom.